The minimum absolute atomic E-state index is 0.0196. The maximum atomic E-state index is 12.7. The summed E-state index contributed by atoms with van der Waals surface area (Å²) in [6.07, 6.45) is 3.24. The first kappa shape index (κ1) is 21.4. The van der Waals surface area contributed by atoms with Gasteiger partial charge in [0.15, 0.2) is 0 Å². The van der Waals surface area contributed by atoms with Gasteiger partial charge in [0.2, 0.25) is 5.91 Å². The van der Waals surface area contributed by atoms with Crippen molar-refractivity contribution in [2.45, 2.75) is 31.9 Å². The lowest BCUT2D eigenvalue weighted by Crippen LogP contribution is -2.29. The van der Waals surface area contributed by atoms with Crippen molar-refractivity contribution >= 4 is 21.8 Å². The first-order chi connectivity index (χ1) is 15.0. The second kappa shape index (κ2) is 9.55. The Morgan fingerprint density at radius 2 is 2.03 bits per heavy atom. The van der Waals surface area contributed by atoms with Gasteiger partial charge in [0.25, 0.3) is 0 Å². The minimum atomic E-state index is -2.90. The number of benzene rings is 2. The van der Waals surface area contributed by atoms with Crippen molar-refractivity contribution in [2.24, 2.45) is 0 Å². The predicted octanol–water partition coefficient (Wildman–Crippen LogP) is 4.72. The molecular weight excluding hydrogens is 470 g/mol. The molecule has 0 N–H and O–H groups in total. The molecule has 162 valence electrons. The molecule has 3 aromatic rings. The van der Waals surface area contributed by atoms with Crippen molar-refractivity contribution in [2.75, 3.05) is 13.1 Å². The molecule has 4 rings (SSSR count). The molecule has 1 aliphatic rings. The Bertz CT molecular complexity index is 1040. The highest BCUT2D eigenvalue weighted by Crippen LogP contribution is 2.28. The van der Waals surface area contributed by atoms with Gasteiger partial charge >= 0.3 is 6.61 Å². The van der Waals surface area contributed by atoms with Crippen LogP contribution in [-0.2, 0) is 11.2 Å². The van der Waals surface area contributed by atoms with E-state index in [4.69, 9.17) is 0 Å². The zero-order valence-electron chi connectivity index (χ0n) is 16.6. The highest BCUT2D eigenvalue weighted by Gasteiger charge is 2.28. The van der Waals surface area contributed by atoms with Crippen LogP contribution in [0.15, 0.2) is 59.2 Å². The van der Waals surface area contributed by atoms with Crippen molar-refractivity contribution in [3.63, 3.8) is 0 Å². The molecule has 1 amide bonds. The van der Waals surface area contributed by atoms with E-state index in [2.05, 4.69) is 31.0 Å². The predicted molar refractivity (Wildman–Crippen MR) is 115 cm³/mol. The SMILES string of the molecule is O=C(CCc1cc(Br)ccc1OC(F)F)N1CCC(n2cc(-c3ccccc3)nn2)C1. The number of likely N-dealkylation sites (tertiary alicyclic amines) is 1. The maximum Gasteiger partial charge on any atom is 0.387 e. The molecule has 1 fully saturated rings. The molecule has 0 bridgehead atoms. The number of carbonyl (C=O) groups is 1. The van der Waals surface area contributed by atoms with E-state index in [0.29, 0.717) is 25.1 Å². The summed E-state index contributed by atoms with van der Waals surface area (Å²) >= 11 is 3.33. The standard InChI is InChI=1S/C22H21BrF2N4O2/c23-17-7-8-20(31-22(24)25)16(12-17)6-9-21(30)28-11-10-18(13-28)29-14-19(26-27-29)15-4-2-1-3-5-15/h1-5,7-8,12,14,18,22H,6,9-11,13H2. The summed E-state index contributed by atoms with van der Waals surface area (Å²) in [7, 11) is 0. The largest absolute Gasteiger partial charge is 0.435 e. The van der Waals surface area contributed by atoms with Gasteiger partial charge < -0.3 is 9.64 Å². The fourth-order valence-electron chi connectivity index (χ4n) is 3.73. The van der Waals surface area contributed by atoms with Gasteiger partial charge in [0.1, 0.15) is 11.4 Å². The number of nitrogens with zero attached hydrogens (tertiary/aromatic N) is 4. The number of ether oxygens (including phenoxy) is 1. The van der Waals surface area contributed by atoms with Crippen molar-refractivity contribution in [1.82, 2.24) is 19.9 Å². The third-order valence-corrected chi connectivity index (χ3v) is 5.81. The molecule has 0 saturated carbocycles. The Morgan fingerprint density at radius 3 is 2.81 bits per heavy atom. The summed E-state index contributed by atoms with van der Waals surface area (Å²) in [4.78, 5) is 14.5. The van der Waals surface area contributed by atoms with Crippen molar-refractivity contribution < 1.29 is 18.3 Å². The third-order valence-electron chi connectivity index (χ3n) is 5.32. The zero-order valence-corrected chi connectivity index (χ0v) is 18.2. The summed E-state index contributed by atoms with van der Waals surface area (Å²) in [6, 6.07) is 14.7. The summed E-state index contributed by atoms with van der Waals surface area (Å²) < 4.78 is 32.4. The Balaban J connectivity index is 1.35. The van der Waals surface area contributed by atoms with E-state index in [0.717, 1.165) is 22.2 Å². The van der Waals surface area contributed by atoms with Crippen LogP contribution < -0.4 is 4.74 Å². The molecule has 1 saturated heterocycles. The van der Waals surface area contributed by atoms with Gasteiger partial charge in [-0.1, -0.05) is 51.5 Å². The molecule has 0 radical (unpaired) electrons. The second-order valence-electron chi connectivity index (χ2n) is 7.36. The van der Waals surface area contributed by atoms with E-state index in [9.17, 15) is 13.6 Å². The molecule has 1 aliphatic heterocycles. The molecule has 2 aromatic carbocycles. The van der Waals surface area contributed by atoms with Crippen LogP contribution in [0.2, 0.25) is 0 Å². The lowest BCUT2D eigenvalue weighted by atomic mass is 10.1. The van der Waals surface area contributed by atoms with E-state index in [1.54, 1.807) is 17.0 Å². The Hall–Kier alpha value is -2.81. The van der Waals surface area contributed by atoms with Crippen LogP contribution in [0.1, 0.15) is 24.4 Å². The molecule has 31 heavy (non-hydrogen) atoms. The number of hydrogen-bond acceptors (Lipinski definition) is 4. The highest BCUT2D eigenvalue weighted by atomic mass is 79.9. The van der Waals surface area contributed by atoms with E-state index in [1.807, 2.05) is 41.2 Å². The van der Waals surface area contributed by atoms with Crippen molar-refractivity contribution in [3.8, 4) is 17.0 Å². The van der Waals surface area contributed by atoms with Crippen LogP contribution >= 0.6 is 15.9 Å². The number of rotatable bonds is 7. The number of aryl methyl sites for hydroxylation is 1. The fraction of sp³-hybridized carbons (Fsp3) is 0.318. The monoisotopic (exact) mass is 490 g/mol. The first-order valence-electron chi connectivity index (χ1n) is 9.98. The van der Waals surface area contributed by atoms with Gasteiger partial charge in [-0.15, -0.1) is 5.10 Å². The van der Waals surface area contributed by atoms with Gasteiger partial charge in [-0.3, -0.25) is 4.79 Å². The van der Waals surface area contributed by atoms with Gasteiger partial charge in [-0.05, 0) is 36.6 Å². The van der Waals surface area contributed by atoms with Gasteiger partial charge in [0.05, 0.1) is 12.2 Å². The average molecular weight is 491 g/mol. The number of amides is 1. The topological polar surface area (TPSA) is 60.2 Å². The molecular formula is C22H21BrF2N4O2. The molecule has 2 heterocycles. The van der Waals surface area contributed by atoms with Crippen LogP contribution in [0.5, 0.6) is 5.75 Å². The van der Waals surface area contributed by atoms with Gasteiger partial charge in [-0.2, -0.15) is 8.78 Å². The molecule has 0 spiro atoms. The normalized spacial score (nSPS) is 16.1. The van der Waals surface area contributed by atoms with Crippen LogP contribution in [0.4, 0.5) is 8.78 Å². The number of halogens is 3. The molecule has 1 atom stereocenters. The van der Waals surface area contributed by atoms with E-state index in [-0.39, 0.29) is 24.1 Å². The van der Waals surface area contributed by atoms with Gasteiger partial charge in [0, 0.05) is 29.5 Å². The Morgan fingerprint density at radius 1 is 1.23 bits per heavy atom. The summed E-state index contributed by atoms with van der Waals surface area (Å²) in [5.74, 6) is 0.0789. The lowest BCUT2D eigenvalue weighted by molar-refractivity contribution is -0.130. The maximum absolute atomic E-state index is 12.7. The van der Waals surface area contributed by atoms with Crippen LogP contribution in [0.25, 0.3) is 11.3 Å². The minimum Gasteiger partial charge on any atom is -0.435 e. The zero-order chi connectivity index (χ0) is 21.8. The van der Waals surface area contributed by atoms with Gasteiger partial charge in [-0.25, -0.2) is 4.68 Å². The summed E-state index contributed by atoms with van der Waals surface area (Å²) in [5, 5.41) is 8.50. The number of aromatic nitrogens is 3. The number of carbonyl (C=O) groups excluding carboxylic acids is 1. The molecule has 9 heteroatoms. The fourth-order valence-corrected chi connectivity index (χ4v) is 4.14. The van der Waals surface area contributed by atoms with E-state index < -0.39 is 6.61 Å². The van der Waals surface area contributed by atoms with Crippen LogP contribution in [-0.4, -0.2) is 45.5 Å². The Kier molecular flexibility index (Phi) is 6.60. The first-order valence-corrected chi connectivity index (χ1v) is 10.8. The molecule has 1 unspecified atom stereocenters. The number of alkyl halides is 2. The molecule has 1 aromatic heterocycles. The smallest absolute Gasteiger partial charge is 0.387 e. The third kappa shape index (κ3) is 5.28. The molecule has 0 aliphatic carbocycles. The summed E-state index contributed by atoms with van der Waals surface area (Å²) in [6.45, 7) is -1.73. The van der Waals surface area contributed by atoms with Crippen LogP contribution in [0, 0.1) is 0 Å². The second-order valence-corrected chi connectivity index (χ2v) is 8.28. The lowest BCUT2D eigenvalue weighted by Gasteiger charge is -2.17. The Labute approximate surface area is 186 Å². The highest BCUT2D eigenvalue weighted by molar-refractivity contribution is 9.10. The van der Waals surface area contributed by atoms with E-state index >= 15 is 0 Å². The van der Waals surface area contributed by atoms with Crippen LogP contribution in [0.3, 0.4) is 0 Å². The molecule has 6 nitrogen and oxygen atoms in total. The van der Waals surface area contributed by atoms with Crippen molar-refractivity contribution in [1.29, 1.82) is 0 Å². The van der Waals surface area contributed by atoms with E-state index in [1.165, 1.54) is 6.07 Å². The quantitative estimate of drug-likeness (QED) is 0.480. The summed E-state index contributed by atoms with van der Waals surface area (Å²) in [5.41, 5.74) is 2.37. The average Bonchev–Trinajstić information content (AvgIpc) is 3.44. The number of hydrogen-bond donors (Lipinski definition) is 0. The van der Waals surface area contributed by atoms with Crippen molar-refractivity contribution in [3.05, 3.63) is 64.8 Å².